The molecule has 0 amide bonds. The van der Waals surface area contributed by atoms with Crippen LogP contribution in [-0.2, 0) is 0 Å². The Labute approximate surface area is 261 Å². The maximum Gasteiger partial charge on any atom is 0.387 e. The number of rotatable bonds is 4. The molecule has 0 radical (unpaired) electrons. The maximum atomic E-state index is 14.8. The number of nitrogens with zero attached hydrogens (tertiary/aromatic N) is 2. The zero-order chi connectivity index (χ0) is 29.9. The van der Waals surface area contributed by atoms with Crippen LogP contribution in [0, 0.1) is 0 Å². The maximum absolute atomic E-state index is 14.8. The molecule has 1 atom stereocenters. The average molecular weight is 580 g/mol. The summed E-state index contributed by atoms with van der Waals surface area (Å²) in [6.45, 7) is 0. The van der Waals surface area contributed by atoms with E-state index in [1.54, 1.807) is 0 Å². The summed E-state index contributed by atoms with van der Waals surface area (Å²) in [5.41, 5.74) is 11.1. The Bertz CT molecular complexity index is 2410. The molecular formula is C42H31N2O+. The number of allylic oxidation sites excluding steroid dienone is 12. The van der Waals surface area contributed by atoms with Gasteiger partial charge in [-0.15, -0.1) is 0 Å². The topological polar surface area (TPSA) is 36.1 Å². The lowest BCUT2D eigenvalue weighted by molar-refractivity contribution is 0.695. The van der Waals surface area contributed by atoms with Gasteiger partial charge in [-0.2, -0.15) is 4.57 Å². The van der Waals surface area contributed by atoms with E-state index in [1.165, 1.54) is 22.3 Å². The van der Waals surface area contributed by atoms with Crippen LogP contribution in [-0.4, -0.2) is 10.3 Å². The largest absolute Gasteiger partial charge is 0.387 e. The van der Waals surface area contributed by atoms with Crippen molar-refractivity contribution >= 4 is 32.8 Å². The summed E-state index contributed by atoms with van der Waals surface area (Å²) >= 11 is 0. The molecule has 9 rings (SSSR count). The van der Waals surface area contributed by atoms with Gasteiger partial charge in [0.2, 0.25) is 6.04 Å². The summed E-state index contributed by atoms with van der Waals surface area (Å²) in [6.07, 6.45) is 19.8. The van der Waals surface area contributed by atoms with Crippen molar-refractivity contribution in [1.29, 1.82) is 0 Å². The molecule has 1 aromatic heterocycles. The van der Waals surface area contributed by atoms with E-state index in [0.717, 1.165) is 80.7 Å². The third-order valence-corrected chi connectivity index (χ3v) is 9.66. The molecule has 4 aromatic carbocycles. The van der Waals surface area contributed by atoms with Crippen LogP contribution < -0.4 is 15.7 Å². The Hall–Kier alpha value is -5.50. The standard InChI is InChI=1S/C42H31N2O/c45-42-34-23-13-22-32-31(27-14-5-1-6-15-27)24-25-33(38(32)34)41-43-39-37(30-20-11-4-12-21-30)35(28-16-7-2-8-17-28)26-36(40(39)44(41)42)29-18-9-3-10-19-29/h1-2,4-9,11,13-20,22-26,40H,3,10,12,21H2/q+1. The predicted octanol–water partition coefficient (Wildman–Crippen LogP) is 8.17. The van der Waals surface area contributed by atoms with Crippen molar-refractivity contribution in [3.8, 4) is 11.1 Å². The first-order valence-corrected chi connectivity index (χ1v) is 15.9. The van der Waals surface area contributed by atoms with Crippen LogP contribution in [0.4, 0.5) is 0 Å². The molecule has 214 valence electrons. The molecule has 3 heteroatoms. The van der Waals surface area contributed by atoms with Crippen molar-refractivity contribution in [2.45, 2.75) is 31.7 Å². The zero-order valence-electron chi connectivity index (χ0n) is 24.9. The molecule has 0 saturated carbocycles. The highest BCUT2D eigenvalue weighted by atomic mass is 16.1. The van der Waals surface area contributed by atoms with Gasteiger partial charge in [-0.05, 0) is 82.7 Å². The van der Waals surface area contributed by atoms with Crippen molar-refractivity contribution in [2.24, 2.45) is 0 Å². The highest BCUT2D eigenvalue weighted by molar-refractivity contribution is 6.19. The molecule has 0 bridgehead atoms. The van der Waals surface area contributed by atoms with Crippen molar-refractivity contribution in [3.05, 3.63) is 177 Å². The number of benzene rings is 4. The van der Waals surface area contributed by atoms with Gasteiger partial charge in [-0.25, -0.2) is 9.46 Å². The van der Waals surface area contributed by atoms with Crippen LogP contribution in [0.5, 0.6) is 0 Å². The second-order valence-electron chi connectivity index (χ2n) is 12.2. The van der Waals surface area contributed by atoms with Crippen molar-refractivity contribution < 1.29 is 0 Å². The second-order valence-corrected chi connectivity index (χ2v) is 12.2. The normalized spacial score (nSPS) is 18.7. The van der Waals surface area contributed by atoms with Crippen molar-refractivity contribution in [1.82, 2.24) is 9.24 Å². The third kappa shape index (κ3) is 3.98. The highest BCUT2D eigenvalue weighted by Gasteiger charge is 2.46. The number of pyridine rings is 1. The number of fused-ring (bicyclic) bond motifs is 4. The van der Waals surface area contributed by atoms with E-state index in [1.807, 2.05) is 22.8 Å². The van der Waals surface area contributed by atoms with E-state index in [9.17, 15) is 4.79 Å². The highest BCUT2D eigenvalue weighted by Crippen LogP contribution is 2.43. The molecule has 0 saturated heterocycles. The van der Waals surface area contributed by atoms with E-state index >= 15 is 0 Å². The first-order chi connectivity index (χ1) is 22.3. The molecular weight excluding hydrogens is 548 g/mol. The summed E-state index contributed by atoms with van der Waals surface area (Å²) in [5.74, 6) is 0. The molecule has 2 heterocycles. The number of hydrogen-bond acceptors (Lipinski definition) is 1. The summed E-state index contributed by atoms with van der Waals surface area (Å²) in [4.78, 5) is 14.8. The number of hydrogen-bond donors (Lipinski definition) is 0. The minimum absolute atomic E-state index is 0.0170. The van der Waals surface area contributed by atoms with Gasteiger partial charge in [0.1, 0.15) is 0 Å². The molecule has 0 spiro atoms. The van der Waals surface area contributed by atoms with Gasteiger partial charge < -0.3 is 0 Å². The fourth-order valence-electron chi connectivity index (χ4n) is 7.63. The second kappa shape index (κ2) is 10.3. The van der Waals surface area contributed by atoms with E-state index in [-0.39, 0.29) is 11.6 Å². The Morgan fingerprint density at radius 3 is 2.29 bits per heavy atom. The van der Waals surface area contributed by atoms with Gasteiger partial charge in [0, 0.05) is 11.0 Å². The fourth-order valence-corrected chi connectivity index (χ4v) is 7.63. The van der Waals surface area contributed by atoms with Crippen LogP contribution in [0.25, 0.3) is 38.2 Å². The molecule has 3 aliphatic carbocycles. The van der Waals surface area contributed by atoms with Crippen LogP contribution >= 0.6 is 0 Å². The van der Waals surface area contributed by atoms with E-state index < -0.39 is 0 Å². The Morgan fingerprint density at radius 2 is 1.53 bits per heavy atom. The molecule has 1 unspecified atom stereocenters. The van der Waals surface area contributed by atoms with Gasteiger partial charge in [0.05, 0.1) is 16.3 Å². The van der Waals surface area contributed by atoms with Gasteiger partial charge in [0.25, 0.3) is 5.71 Å². The van der Waals surface area contributed by atoms with Crippen LogP contribution in [0.2, 0.25) is 0 Å². The first-order valence-electron chi connectivity index (χ1n) is 15.9. The minimum Gasteiger partial charge on any atom is -0.241 e. The molecule has 0 fully saturated rings. The summed E-state index contributed by atoms with van der Waals surface area (Å²) in [7, 11) is 0. The summed E-state index contributed by atoms with van der Waals surface area (Å²) in [5, 5.41) is 3.84. The average Bonchev–Trinajstić information content (AvgIpc) is 3.52. The van der Waals surface area contributed by atoms with Gasteiger partial charge in [0.15, 0.2) is 0 Å². The third-order valence-electron chi connectivity index (χ3n) is 9.66. The molecule has 4 aliphatic rings. The molecule has 3 nitrogen and oxygen atoms in total. The molecule has 1 aliphatic heterocycles. The SMILES string of the molecule is O=c1c2cccc3c(-c4ccccc4)ccc(c4n1C1C(C5=CCCC=C5)=CC(c5ccccc5)=C(C5=CC=CCC5)C1=[N+]=4)c32. The summed E-state index contributed by atoms with van der Waals surface area (Å²) < 4.78 is 7.50. The molecule has 45 heavy (non-hydrogen) atoms. The zero-order valence-corrected chi connectivity index (χ0v) is 24.9. The van der Waals surface area contributed by atoms with Crippen LogP contribution in [0.3, 0.4) is 0 Å². The van der Waals surface area contributed by atoms with Crippen molar-refractivity contribution in [3.63, 3.8) is 0 Å². The quantitative estimate of drug-likeness (QED) is 0.198. The lowest BCUT2D eigenvalue weighted by Crippen LogP contribution is -2.38. The minimum atomic E-state index is -0.298. The van der Waals surface area contributed by atoms with Crippen LogP contribution in [0.15, 0.2) is 161 Å². The number of aromatic nitrogens is 1. The van der Waals surface area contributed by atoms with E-state index in [4.69, 9.17) is 4.67 Å². The Balaban J connectivity index is 1.43. The van der Waals surface area contributed by atoms with E-state index in [0.29, 0.717) is 0 Å². The molecule has 0 N–H and O–H groups in total. The van der Waals surface area contributed by atoms with Gasteiger partial charge in [-0.1, -0.05) is 115 Å². The van der Waals surface area contributed by atoms with Crippen LogP contribution in [0.1, 0.15) is 37.3 Å². The van der Waals surface area contributed by atoms with Gasteiger partial charge in [-0.3, -0.25) is 0 Å². The Morgan fingerprint density at radius 1 is 0.733 bits per heavy atom. The summed E-state index contributed by atoms with van der Waals surface area (Å²) in [6, 6.07) is 31.3. The smallest absolute Gasteiger partial charge is 0.241 e. The monoisotopic (exact) mass is 579 g/mol. The molecule has 5 aromatic rings. The van der Waals surface area contributed by atoms with Gasteiger partial charge >= 0.3 is 11.0 Å². The fraction of sp³-hybridized carbons (Fsp3) is 0.119. The lowest BCUT2D eigenvalue weighted by Gasteiger charge is -2.26. The van der Waals surface area contributed by atoms with Crippen molar-refractivity contribution in [2.75, 3.05) is 0 Å². The Kier molecular flexibility index (Phi) is 5.94. The predicted molar refractivity (Wildman–Crippen MR) is 186 cm³/mol. The van der Waals surface area contributed by atoms with E-state index in [2.05, 4.69) is 115 Å². The first kappa shape index (κ1) is 25.9. The lowest BCUT2D eigenvalue weighted by atomic mass is 9.76.